The van der Waals surface area contributed by atoms with Crippen LogP contribution in [0.5, 0.6) is 0 Å². The molecular formula is C18H14BrCl2NO4S. The number of sulfonamides is 1. The first-order valence-electron chi connectivity index (χ1n) is 7.80. The van der Waals surface area contributed by atoms with Gasteiger partial charge in [0.25, 0.3) is 0 Å². The summed E-state index contributed by atoms with van der Waals surface area (Å²) in [5, 5.41) is -0.303. The molecular weight excluding hydrogens is 477 g/mol. The lowest BCUT2D eigenvalue weighted by Crippen LogP contribution is -2.37. The van der Waals surface area contributed by atoms with Crippen LogP contribution in [0.15, 0.2) is 68.0 Å². The zero-order valence-corrected chi connectivity index (χ0v) is 17.9. The van der Waals surface area contributed by atoms with Crippen LogP contribution in [0.3, 0.4) is 0 Å². The van der Waals surface area contributed by atoms with E-state index >= 15 is 0 Å². The fourth-order valence-electron chi connectivity index (χ4n) is 2.62. The van der Waals surface area contributed by atoms with E-state index in [0.29, 0.717) is 10.0 Å². The number of cyclic esters (lactones) is 1. The topological polar surface area (TPSA) is 72.5 Å². The number of halogens is 3. The second kappa shape index (κ2) is 7.93. The van der Waals surface area contributed by atoms with Gasteiger partial charge in [-0.2, -0.15) is 4.72 Å². The fraction of sp³-hybridized carbons (Fsp3) is 0.167. The van der Waals surface area contributed by atoms with Crippen LogP contribution in [0.25, 0.3) is 0 Å². The normalized spacial score (nSPS) is 18.5. The van der Waals surface area contributed by atoms with Crippen molar-refractivity contribution >= 4 is 55.1 Å². The van der Waals surface area contributed by atoms with Gasteiger partial charge in [-0.3, -0.25) is 0 Å². The molecule has 1 heterocycles. The molecule has 2 aromatic carbocycles. The molecule has 1 aliphatic heterocycles. The van der Waals surface area contributed by atoms with Gasteiger partial charge in [0.15, 0.2) is 6.10 Å². The smallest absolute Gasteiger partial charge is 0.351 e. The summed E-state index contributed by atoms with van der Waals surface area (Å²) in [4.78, 5) is 11.9. The van der Waals surface area contributed by atoms with Gasteiger partial charge in [-0.1, -0.05) is 75.0 Å². The van der Waals surface area contributed by atoms with Crippen LogP contribution in [0.4, 0.5) is 0 Å². The van der Waals surface area contributed by atoms with Crippen LogP contribution in [0.1, 0.15) is 17.2 Å². The van der Waals surface area contributed by atoms with Crippen molar-refractivity contribution in [1.82, 2.24) is 4.72 Å². The molecule has 3 rings (SSSR count). The molecule has 0 amide bonds. The third kappa shape index (κ3) is 4.22. The third-order valence-corrected chi connectivity index (χ3v) is 7.07. The van der Waals surface area contributed by atoms with Crippen molar-refractivity contribution in [3.8, 4) is 0 Å². The van der Waals surface area contributed by atoms with Gasteiger partial charge in [-0.15, -0.1) is 0 Å². The Bertz CT molecular complexity index is 1020. The molecule has 142 valence electrons. The Morgan fingerprint density at radius 2 is 1.74 bits per heavy atom. The second-order valence-electron chi connectivity index (χ2n) is 5.92. The third-order valence-electron chi connectivity index (χ3n) is 4.03. The van der Waals surface area contributed by atoms with Crippen LogP contribution >= 0.6 is 39.1 Å². The van der Waals surface area contributed by atoms with E-state index in [0.717, 1.165) is 5.56 Å². The number of carbonyl (C=O) groups is 1. The fourth-order valence-corrected chi connectivity index (χ4v) is 4.77. The molecule has 5 nitrogen and oxygen atoms in total. The number of nitrogens with one attached hydrogen (secondary N) is 1. The lowest BCUT2D eigenvalue weighted by atomic mass is 10.0. The average molecular weight is 491 g/mol. The number of esters is 1. The summed E-state index contributed by atoms with van der Waals surface area (Å²) in [7, 11) is -3.92. The highest BCUT2D eigenvalue weighted by atomic mass is 79.9. The summed E-state index contributed by atoms with van der Waals surface area (Å²) < 4.78 is 34.3. The van der Waals surface area contributed by atoms with Crippen molar-refractivity contribution in [2.75, 3.05) is 0 Å². The molecule has 0 fully saturated rings. The summed E-state index contributed by atoms with van der Waals surface area (Å²) in [6.45, 7) is 1.86. The SMILES string of the molecule is Cc1ccc(S(=O)(=O)N[C@H](c2ccccc2Br)[C@@H]2OC(=O)C(Cl)=C2Cl)cc1. The monoisotopic (exact) mass is 489 g/mol. The van der Waals surface area contributed by atoms with E-state index < -0.39 is 28.1 Å². The van der Waals surface area contributed by atoms with E-state index in [1.165, 1.54) is 12.1 Å². The molecule has 1 N–H and O–H groups in total. The first kappa shape index (κ1) is 20.4. The molecule has 1 aliphatic rings. The van der Waals surface area contributed by atoms with E-state index in [-0.39, 0.29) is 15.0 Å². The number of carbonyl (C=O) groups excluding carboxylic acids is 1. The Morgan fingerprint density at radius 3 is 2.30 bits per heavy atom. The van der Waals surface area contributed by atoms with Gasteiger partial charge in [0.05, 0.1) is 16.0 Å². The quantitative estimate of drug-likeness (QED) is 0.630. The standard InChI is InChI=1S/C18H14BrCl2NO4S/c1-10-6-8-11(9-7-10)27(24,25)22-16(12-4-2-3-5-13(12)19)17-14(20)15(21)18(23)26-17/h2-9,16-17,22H,1H3/t16-,17-/m1/s1. The van der Waals surface area contributed by atoms with Crippen LogP contribution < -0.4 is 4.72 Å². The molecule has 9 heteroatoms. The minimum Gasteiger partial charge on any atom is -0.450 e. The number of benzene rings is 2. The zero-order valence-electron chi connectivity index (χ0n) is 13.9. The number of ether oxygens (including phenoxy) is 1. The molecule has 27 heavy (non-hydrogen) atoms. The predicted molar refractivity (Wildman–Crippen MR) is 107 cm³/mol. The number of hydrogen-bond donors (Lipinski definition) is 1. The highest BCUT2D eigenvalue weighted by Crippen LogP contribution is 2.38. The Labute approximate surface area is 175 Å². The Balaban J connectivity index is 2.05. The Morgan fingerprint density at radius 1 is 1.11 bits per heavy atom. The van der Waals surface area contributed by atoms with Crippen molar-refractivity contribution < 1.29 is 17.9 Å². The van der Waals surface area contributed by atoms with Crippen molar-refractivity contribution in [3.05, 3.63) is 74.2 Å². The molecule has 0 aromatic heterocycles. The molecule has 2 atom stereocenters. The highest BCUT2D eigenvalue weighted by molar-refractivity contribution is 9.10. The maximum Gasteiger partial charge on any atom is 0.351 e. The van der Waals surface area contributed by atoms with E-state index in [1.807, 2.05) is 6.92 Å². The molecule has 0 unspecified atom stereocenters. The van der Waals surface area contributed by atoms with Crippen LogP contribution in [0, 0.1) is 6.92 Å². The maximum atomic E-state index is 12.9. The average Bonchev–Trinajstić information content (AvgIpc) is 2.88. The number of hydrogen-bond acceptors (Lipinski definition) is 4. The molecule has 0 aliphatic carbocycles. The predicted octanol–water partition coefficient (Wildman–Crippen LogP) is 4.39. The zero-order chi connectivity index (χ0) is 19.8. The minimum atomic E-state index is -3.92. The Hall–Kier alpha value is -1.38. The summed E-state index contributed by atoms with van der Waals surface area (Å²) >= 11 is 15.4. The Kier molecular flexibility index (Phi) is 5.98. The van der Waals surface area contributed by atoms with Crippen molar-refractivity contribution in [2.45, 2.75) is 24.0 Å². The van der Waals surface area contributed by atoms with Crippen LogP contribution in [0.2, 0.25) is 0 Å². The van der Waals surface area contributed by atoms with E-state index in [2.05, 4.69) is 20.7 Å². The largest absolute Gasteiger partial charge is 0.450 e. The second-order valence-corrected chi connectivity index (χ2v) is 9.27. The summed E-state index contributed by atoms with van der Waals surface area (Å²) in [6.07, 6.45) is -1.08. The number of aryl methyl sites for hydroxylation is 1. The van der Waals surface area contributed by atoms with E-state index in [9.17, 15) is 13.2 Å². The van der Waals surface area contributed by atoms with Crippen molar-refractivity contribution in [3.63, 3.8) is 0 Å². The molecule has 0 radical (unpaired) electrons. The molecule has 0 bridgehead atoms. The van der Waals surface area contributed by atoms with Gasteiger partial charge in [0.1, 0.15) is 5.03 Å². The van der Waals surface area contributed by atoms with Crippen molar-refractivity contribution in [2.24, 2.45) is 0 Å². The maximum absolute atomic E-state index is 12.9. The summed E-state index contributed by atoms with van der Waals surface area (Å²) in [6, 6.07) is 12.4. The van der Waals surface area contributed by atoms with E-state index in [4.69, 9.17) is 27.9 Å². The lowest BCUT2D eigenvalue weighted by molar-refractivity contribution is -0.140. The first-order chi connectivity index (χ1) is 12.7. The number of rotatable bonds is 5. The van der Waals surface area contributed by atoms with Gasteiger partial charge in [-0.05, 0) is 30.7 Å². The molecule has 0 saturated carbocycles. The lowest BCUT2D eigenvalue weighted by Gasteiger charge is -2.25. The van der Waals surface area contributed by atoms with Gasteiger partial charge >= 0.3 is 5.97 Å². The van der Waals surface area contributed by atoms with Gasteiger partial charge in [0.2, 0.25) is 10.0 Å². The first-order valence-corrected chi connectivity index (χ1v) is 10.8. The van der Waals surface area contributed by atoms with Gasteiger partial charge < -0.3 is 4.74 Å². The molecule has 2 aromatic rings. The van der Waals surface area contributed by atoms with Crippen molar-refractivity contribution in [1.29, 1.82) is 0 Å². The highest BCUT2D eigenvalue weighted by Gasteiger charge is 2.41. The summed E-state index contributed by atoms with van der Waals surface area (Å²) in [5.74, 6) is -0.793. The van der Waals surface area contributed by atoms with Gasteiger partial charge in [-0.25, -0.2) is 13.2 Å². The molecule has 0 spiro atoms. The van der Waals surface area contributed by atoms with E-state index in [1.54, 1.807) is 36.4 Å². The minimum absolute atomic E-state index is 0.0472. The molecule has 0 saturated heterocycles. The van der Waals surface area contributed by atoms with Gasteiger partial charge in [0, 0.05) is 4.47 Å². The van der Waals surface area contributed by atoms with Crippen LogP contribution in [-0.2, 0) is 19.6 Å². The summed E-state index contributed by atoms with van der Waals surface area (Å²) in [5.41, 5.74) is 1.48. The van der Waals surface area contributed by atoms with Crippen LogP contribution in [-0.4, -0.2) is 20.5 Å².